The molecule has 96 valence electrons. The van der Waals surface area contributed by atoms with Crippen molar-refractivity contribution in [2.75, 3.05) is 0 Å². The Labute approximate surface area is 117 Å². The van der Waals surface area contributed by atoms with Gasteiger partial charge in [-0.3, -0.25) is 4.57 Å². The number of hydrogen-bond donors (Lipinski definition) is 2. The zero-order chi connectivity index (χ0) is 13.1. The molecule has 0 aliphatic carbocycles. The number of hydrogen-bond acceptors (Lipinski definition) is 3. The first-order chi connectivity index (χ1) is 9.16. The Hall–Kier alpha value is -1.72. The third kappa shape index (κ3) is 1.37. The Morgan fingerprint density at radius 2 is 1.47 bits per heavy atom. The van der Waals surface area contributed by atoms with Crippen molar-refractivity contribution in [3.05, 3.63) is 52.0 Å². The number of nitrogens with zero attached hydrogens (tertiary/aromatic N) is 1. The minimum atomic E-state index is -0.248. The fraction of sp³-hybridized carbons (Fsp3) is 0.143. The van der Waals surface area contributed by atoms with Gasteiger partial charge in [-0.1, -0.05) is 28.1 Å². The third-order valence-electron chi connectivity index (χ3n) is 3.60. The molecule has 4 nitrogen and oxygen atoms in total. The van der Waals surface area contributed by atoms with Crippen LogP contribution in [0.3, 0.4) is 0 Å². The quantitative estimate of drug-likeness (QED) is 0.793. The summed E-state index contributed by atoms with van der Waals surface area (Å²) in [5.41, 5.74) is 2.06. The van der Waals surface area contributed by atoms with Gasteiger partial charge in [0.15, 0.2) is 0 Å². The minimum Gasteiger partial charge on any atom is -0.494 e. The molecule has 2 aliphatic rings. The van der Waals surface area contributed by atoms with Crippen LogP contribution in [0.4, 0.5) is 0 Å². The maximum atomic E-state index is 10.4. The van der Waals surface area contributed by atoms with Gasteiger partial charge in [0.25, 0.3) is 0 Å². The maximum absolute atomic E-state index is 10.4. The van der Waals surface area contributed by atoms with Crippen molar-refractivity contribution in [3.63, 3.8) is 0 Å². The van der Waals surface area contributed by atoms with Crippen LogP contribution in [-0.4, -0.2) is 14.8 Å². The molecule has 0 saturated carbocycles. The second kappa shape index (κ2) is 3.65. The largest absolute Gasteiger partial charge is 0.494 e. The molecule has 0 fully saturated rings. The Kier molecular flexibility index (Phi) is 2.14. The lowest BCUT2D eigenvalue weighted by atomic mass is 10.0. The SMILES string of the molecule is Oc1c2c(c(O)n1-c1ccc(Br)cc1)C1C=CC2O1. The van der Waals surface area contributed by atoms with Crippen LogP contribution in [0.1, 0.15) is 23.3 Å². The number of fused-ring (bicyclic) bond motifs is 5. The van der Waals surface area contributed by atoms with Gasteiger partial charge in [-0.05, 0) is 24.3 Å². The first kappa shape index (κ1) is 11.1. The second-order valence-electron chi connectivity index (χ2n) is 4.65. The molecule has 1 aromatic heterocycles. The van der Waals surface area contributed by atoms with Crippen LogP contribution < -0.4 is 0 Å². The molecule has 19 heavy (non-hydrogen) atoms. The average Bonchev–Trinajstić information content (AvgIpc) is 3.06. The molecule has 0 spiro atoms. The van der Waals surface area contributed by atoms with Gasteiger partial charge < -0.3 is 14.9 Å². The Morgan fingerprint density at radius 3 is 2.00 bits per heavy atom. The van der Waals surface area contributed by atoms with E-state index in [4.69, 9.17) is 4.74 Å². The summed E-state index contributed by atoms with van der Waals surface area (Å²) in [6.07, 6.45) is 3.31. The molecule has 1 aromatic carbocycles. The highest BCUT2D eigenvalue weighted by molar-refractivity contribution is 9.10. The fourth-order valence-corrected chi connectivity index (χ4v) is 3.02. The Morgan fingerprint density at radius 1 is 0.947 bits per heavy atom. The molecule has 0 saturated heterocycles. The second-order valence-corrected chi connectivity index (χ2v) is 5.56. The topological polar surface area (TPSA) is 54.6 Å². The van der Waals surface area contributed by atoms with Crippen molar-refractivity contribution < 1.29 is 14.9 Å². The van der Waals surface area contributed by atoms with E-state index < -0.39 is 0 Å². The molecular weight excluding hydrogens is 310 g/mol. The summed E-state index contributed by atoms with van der Waals surface area (Å²) in [5, 5.41) is 20.7. The van der Waals surface area contributed by atoms with E-state index in [1.807, 2.05) is 36.4 Å². The molecule has 2 N–H and O–H groups in total. The summed E-state index contributed by atoms with van der Waals surface area (Å²) in [4.78, 5) is 0. The first-order valence-electron chi connectivity index (χ1n) is 5.93. The van der Waals surface area contributed by atoms with Crippen molar-refractivity contribution in [3.8, 4) is 17.4 Å². The van der Waals surface area contributed by atoms with Gasteiger partial charge in [0.05, 0.1) is 16.8 Å². The average molecular weight is 320 g/mol. The molecule has 2 aromatic rings. The summed E-state index contributed by atoms with van der Waals surface area (Å²) >= 11 is 3.36. The molecule has 2 unspecified atom stereocenters. The number of aromatic hydroxyl groups is 2. The van der Waals surface area contributed by atoms with Crippen LogP contribution in [0.25, 0.3) is 5.69 Å². The number of rotatable bonds is 1. The predicted octanol–water partition coefficient (Wildman–Crippen LogP) is 3.33. The van der Waals surface area contributed by atoms with Crippen LogP contribution in [0.2, 0.25) is 0 Å². The zero-order valence-corrected chi connectivity index (χ0v) is 11.3. The molecule has 4 rings (SSSR count). The van der Waals surface area contributed by atoms with E-state index in [0.29, 0.717) is 16.8 Å². The van der Waals surface area contributed by atoms with E-state index in [1.54, 1.807) is 0 Å². The van der Waals surface area contributed by atoms with E-state index in [2.05, 4.69) is 15.9 Å². The van der Waals surface area contributed by atoms with Crippen molar-refractivity contribution in [2.45, 2.75) is 12.2 Å². The molecular formula is C14H10BrNO3. The highest BCUT2D eigenvalue weighted by Gasteiger charge is 2.42. The number of halogens is 1. The van der Waals surface area contributed by atoms with Crippen LogP contribution in [0.5, 0.6) is 11.8 Å². The standard InChI is InChI=1S/C14H10BrNO3/c15-7-1-3-8(4-2-7)16-13(17)11-9-5-6-10(19-9)12(11)14(16)18/h1-6,9-10,17-18H. The molecule has 0 radical (unpaired) electrons. The number of aromatic nitrogens is 1. The van der Waals surface area contributed by atoms with Gasteiger partial charge in [-0.2, -0.15) is 0 Å². The number of benzene rings is 1. The normalized spacial score (nSPS) is 23.0. The monoisotopic (exact) mass is 319 g/mol. The summed E-state index contributed by atoms with van der Waals surface area (Å²) in [5.74, 6) is 0.0957. The first-order valence-corrected chi connectivity index (χ1v) is 6.72. The summed E-state index contributed by atoms with van der Waals surface area (Å²) in [7, 11) is 0. The van der Waals surface area contributed by atoms with Crippen LogP contribution in [-0.2, 0) is 4.74 Å². The van der Waals surface area contributed by atoms with Gasteiger partial charge in [-0.15, -0.1) is 0 Å². The van der Waals surface area contributed by atoms with Crippen LogP contribution in [0, 0.1) is 0 Å². The Balaban J connectivity index is 1.94. The van der Waals surface area contributed by atoms with Gasteiger partial charge >= 0.3 is 0 Å². The van der Waals surface area contributed by atoms with Gasteiger partial charge in [0, 0.05) is 4.47 Å². The lowest BCUT2D eigenvalue weighted by Gasteiger charge is -2.10. The van der Waals surface area contributed by atoms with E-state index in [1.165, 1.54) is 4.57 Å². The van der Waals surface area contributed by atoms with Crippen molar-refractivity contribution in [1.82, 2.24) is 4.57 Å². The highest BCUT2D eigenvalue weighted by atomic mass is 79.9. The molecule has 0 amide bonds. The van der Waals surface area contributed by atoms with Crippen molar-refractivity contribution in [1.29, 1.82) is 0 Å². The summed E-state index contributed by atoms with van der Waals surface area (Å²) < 4.78 is 8.00. The van der Waals surface area contributed by atoms with E-state index in [9.17, 15) is 10.2 Å². The van der Waals surface area contributed by atoms with Gasteiger partial charge in [0.2, 0.25) is 11.8 Å². The van der Waals surface area contributed by atoms with Crippen molar-refractivity contribution in [2.24, 2.45) is 0 Å². The van der Waals surface area contributed by atoms with Gasteiger partial charge in [-0.25, -0.2) is 0 Å². The van der Waals surface area contributed by atoms with Crippen LogP contribution in [0.15, 0.2) is 40.9 Å². The molecule has 2 aliphatic heterocycles. The maximum Gasteiger partial charge on any atom is 0.205 e. The fourth-order valence-electron chi connectivity index (χ4n) is 2.76. The van der Waals surface area contributed by atoms with E-state index >= 15 is 0 Å². The summed E-state index contributed by atoms with van der Waals surface area (Å²) in [6.45, 7) is 0. The van der Waals surface area contributed by atoms with E-state index in [-0.39, 0.29) is 24.0 Å². The predicted molar refractivity (Wildman–Crippen MR) is 72.5 cm³/mol. The molecule has 3 heterocycles. The minimum absolute atomic E-state index is 0.0478. The molecule has 2 bridgehead atoms. The van der Waals surface area contributed by atoms with E-state index in [0.717, 1.165) is 4.47 Å². The molecule has 2 atom stereocenters. The third-order valence-corrected chi connectivity index (χ3v) is 4.13. The highest BCUT2D eigenvalue weighted by Crippen LogP contribution is 2.55. The lowest BCUT2D eigenvalue weighted by molar-refractivity contribution is 0.0842. The smallest absolute Gasteiger partial charge is 0.205 e. The van der Waals surface area contributed by atoms with Crippen LogP contribution >= 0.6 is 15.9 Å². The van der Waals surface area contributed by atoms with Gasteiger partial charge in [0.1, 0.15) is 12.2 Å². The Bertz CT molecular complexity index is 667. The molecule has 5 heteroatoms. The summed E-state index contributed by atoms with van der Waals surface area (Å²) in [6, 6.07) is 7.38. The lowest BCUT2D eigenvalue weighted by Crippen LogP contribution is -1.96. The zero-order valence-electron chi connectivity index (χ0n) is 9.75. The van der Waals surface area contributed by atoms with Crippen molar-refractivity contribution >= 4 is 15.9 Å². The number of ether oxygens (including phenoxy) is 1.